The van der Waals surface area contributed by atoms with Crippen molar-refractivity contribution in [3.8, 4) is 5.75 Å². The molecule has 3 aromatic rings. The number of aromatic hydroxyl groups is 1. The van der Waals surface area contributed by atoms with Gasteiger partial charge in [0.1, 0.15) is 11.6 Å². The van der Waals surface area contributed by atoms with E-state index in [0.29, 0.717) is 23.2 Å². The summed E-state index contributed by atoms with van der Waals surface area (Å²) < 4.78 is 14.8. The smallest absolute Gasteiger partial charge is 0.258 e. The molecule has 4 amide bonds. The third kappa shape index (κ3) is 4.20. The van der Waals surface area contributed by atoms with E-state index in [1.54, 1.807) is 48.5 Å². The number of alkyl halides is 2. The number of halogens is 4. The molecule has 2 heterocycles. The number of benzene rings is 3. The lowest BCUT2D eigenvalue weighted by Gasteiger charge is -2.50. The normalized spacial score (nSPS) is 30.2. The molecule has 3 fully saturated rings. The van der Waals surface area contributed by atoms with Crippen molar-refractivity contribution in [1.29, 1.82) is 0 Å². The minimum Gasteiger partial charge on any atom is -0.507 e. The standard InChI is InChI=1S/C35H26Cl2FIN2O5/c1-2-4-18-5-3-6-25(29(18)42)28-23-15-16-24-27(31(44)40(30(24)43)21-13-9-20(39)10-14-21)26(23)17-34(36)32(45)41(33(46)35(28,34)37)22-11-7-19(38)8-12-22/h2-3,5-15,24,26-28,42H,1,4,16-17H2/t24-,26+,27-,28+,34+,35-/m0/s1. The van der Waals surface area contributed by atoms with Crippen LogP contribution in [-0.2, 0) is 25.6 Å². The number of allylic oxidation sites excluding steroid dienone is 3. The third-order valence-corrected chi connectivity index (χ3v) is 11.9. The highest BCUT2D eigenvalue weighted by Crippen LogP contribution is 2.66. The molecule has 2 aliphatic heterocycles. The Bertz CT molecular complexity index is 1880. The number of phenolic OH excluding ortho intramolecular Hbond substituents is 1. The van der Waals surface area contributed by atoms with Gasteiger partial charge in [-0.15, -0.1) is 29.8 Å². The summed E-state index contributed by atoms with van der Waals surface area (Å²) in [5.74, 6) is -6.62. The Morgan fingerprint density at radius 1 is 0.913 bits per heavy atom. The van der Waals surface area contributed by atoms with Crippen LogP contribution in [0.3, 0.4) is 0 Å². The van der Waals surface area contributed by atoms with Gasteiger partial charge in [-0.3, -0.25) is 24.1 Å². The first-order chi connectivity index (χ1) is 21.9. The molecule has 2 saturated heterocycles. The Morgan fingerprint density at radius 3 is 2.24 bits per heavy atom. The number of carbonyl (C=O) groups is 4. The van der Waals surface area contributed by atoms with Gasteiger partial charge >= 0.3 is 0 Å². The van der Waals surface area contributed by atoms with Crippen molar-refractivity contribution >= 4 is 80.8 Å². The molecule has 0 unspecified atom stereocenters. The Morgan fingerprint density at radius 2 is 1.57 bits per heavy atom. The summed E-state index contributed by atoms with van der Waals surface area (Å²) in [7, 11) is 0. The summed E-state index contributed by atoms with van der Waals surface area (Å²) in [5.41, 5.74) is 1.87. The summed E-state index contributed by atoms with van der Waals surface area (Å²) in [4.78, 5) is 54.7. The molecular weight excluding hydrogens is 745 g/mol. The van der Waals surface area contributed by atoms with Gasteiger partial charge in [0.2, 0.25) is 11.8 Å². The first-order valence-corrected chi connectivity index (χ1v) is 16.5. The molecule has 7 nitrogen and oxygen atoms in total. The first-order valence-electron chi connectivity index (χ1n) is 14.7. The maximum absolute atomic E-state index is 14.5. The van der Waals surface area contributed by atoms with E-state index in [0.717, 1.165) is 20.6 Å². The number of amides is 4. The number of imide groups is 2. The zero-order valence-electron chi connectivity index (χ0n) is 24.1. The van der Waals surface area contributed by atoms with Crippen molar-refractivity contribution < 1.29 is 28.7 Å². The van der Waals surface area contributed by atoms with Gasteiger partial charge in [0, 0.05) is 15.1 Å². The van der Waals surface area contributed by atoms with E-state index in [9.17, 15) is 28.7 Å². The van der Waals surface area contributed by atoms with Crippen LogP contribution in [0.25, 0.3) is 0 Å². The molecule has 0 spiro atoms. The summed E-state index contributed by atoms with van der Waals surface area (Å²) >= 11 is 16.9. The molecule has 234 valence electrons. The van der Waals surface area contributed by atoms with Gasteiger partial charge in [-0.1, -0.05) is 35.9 Å². The van der Waals surface area contributed by atoms with Crippen LogP contribution < -0.4 is 9.80 Å². The van der Waals surface area contributed by atoms with Crippen LogP contribution in [0.5, 0.6) is 5.75 Å². The van der Waals surface area contributed by atoms with Crippen molar-refractivity contribution in [3.05, 3.63) is 112 Å². The lowest BCUT2D eigenvalue weighted by Crippen LogP contribution is -2.60. The molecule has 3 aromatic carbocycles. The maximum Gasteiger partial charge on any atom is 0.258 e. The lowest BCUT2D eigenvalue weighted by atomic mass is 9.56. The Labute approximate surface area is 287 Å². The van der Waals surface area contributed by atoms with Gasteiger partial charge < -0.3 is 5.11 Å². The number of rotatable bonds is 5. The Balaban J connectivity index is 1.42. The van der Waals surface area contributed by atoms with E-state index in [2.05, 4.69) is 29.2 Å². The predicted octanol–water partition coefficient (Wildman–Crippen LogP) is 6.63. The largest absolute Gasteiger partial charge is 0.507 e. The number of hydrogen-bond donors (Lipinski definition) is 1. The predicted molar refractivity (Wildman–Crippen MR) is 180 cm³/mol. The van der Waals surface area contributed by atoms with Crippen molar-refractivity contribution in [1.82, 2.24) is 0 Å². The van der Waals surface area contributed by atoms with Gasteiger partial charge in [0.05, 0.1) is 23.2 Å². The average molecular weight is 771 g/mol. The second-order valence-electron chi connectivity index (χ2n) is 12.1. The molecular formula is C35H26Cl2FIN2O5. The number of hydrogen-bond acceptors (Lipinski definition) is 5. The Hall–Kier alpha value is -3.54. The molecule has 1 N–H and O–H groups in total. The fourth-order valence-corrected chi connectivity index (χ4v) is 9.04. The fourth-order valence-electron chi connectivity index (χ4n) is 7.75. The van der Waals surface area contributed by atoms with Gasteiger partial charge in [-0.2, -0.15) is 0 Å². The maximum atomic E-state index is 14.5. The van der Waals surface area contributed by atoms with E-state index >= 15 is 0 Å². The highest BCUT2D eigenvalue weighted by molar-refractivity contribution is 14.1. The van der Waals surface area contributed by atoms with Crippen LogP contribution in [0.1, 0.15) is 29.9 Å². The molecule has 4 aliphatic rings. The van der Waals surface area contributed by atoms with E-state index in [4.69, 9.17) is 23.2 Å². The summed E-state index contributed by atoms with van der Waals surface area (Å²) in [6.07, 6.45) is 3.73. The van der Waals surface area contributed by atoms with Crippen LogP contribution >= 0.6 is 45.8 Å². The molecule has 0 radical (unpaired) electrons. The first kappa shape index (κ1) is 31.1. The van der Waals surface area contributed by atoms with E-state index in [-0.39, 0.29) is 35.7 Å². The monoisotopic (exact) mass is 770 g/mol. The van der Waals surface area contributed by atoms with Crippen LogP contribution in [0.2, 0.25) is 0 Å². The number of carbonyl (C=O) groups excluding carboxylic acids is 4. The lowest BCUT2D eigenvalue weighted by molar-refractivity contribution is -0.125. The van der Waals surface area contributed by atoms with E-state index in [1.165, 1.54) is 17.0 Å². The second-order valence-corrected chi connectivity index (χ2v) is 14.6. The summed E-state index contributed by atoms with van der Waals surface area (Å²) in [5, 5.41) is 11.6. The summed E-state index contributed by atoms with van der Waals surface area (Å²) in [6.45, 7) is 3.77. The minimum absolute atomic E-state index is 0.0843. The molecule has 46 heavy (non-hydrogen) atoms. The van der Waals surface area contributed by atoms with E-state index < -0.39 is 57.0 Å². The molecule has 0 aromatic heterocycles. The number of fused-ring (bicyclic) bond motifs is 4. The topological polar surface area (TPSA) is 95.0 Å². The third-order valence-electron chi connectivity index (χ3n) is 9.81. The van der Waals surface area contributed by atoms with Crippen LogP contribution in [0, 0.1) is 27.1 Å². The van der Waals surface area contributed by atoms with Gasteiger partial charge in [0.25, 0.3) is 11.8 Å². The van der Waals surface area contributed by atoms with E-state index in [1.807, 2.05) is 6.08 Å². The van der Waals surface area contributed by atoms with Gasteiger partial charge in [-0.25, -0.2) is 9.29 Å². The van der Waals surface area contributed by atoms with Gasteiger partial charge in [0.15, 0.2) is 9.75 Å². The quantitative estimate of drug-likeness (QED) is 0.136. The molecule has 2 aliphatic carbocycles. The zero-order valence-corrected chi connectivity index (χ0v) is 27.8. The second kappa shape index (κ2) is 11.0. The average Bonchev–Trinajstić information content (AvgIpc) is 3.37. The van der Waals surface area contributed by atoms with Crippen molar-refractivity contribution in [2.75, 3.05) is 9.80 Å². The van der Waals surface area contributed by atoms with Crippen LogP contribution in [0.4, 0.5) is 15.8 Å². The van der Waals surface area contributed by atoms with Crippen molar-refractivity contribution in [2.24, 2.45) is 17.8 Å². The number of para-hydroxylation sites is 1. The molecule has 1 saturated carbocycles. The Kier molecular flexibility index (Phi) is 7.45. The van der Waals surface area contributed by atoms with Crippen LogP contribution in [0.15, 0.2) is 91.0 Å². The molecule has 11 heteroatoms. The van der Waals surface area contributed by atoms with Crippen molar-refractivity contribution in [2.45, 2.75) is 34.9 Å². The zero-order chi connectivity index (χ0) is 32.7. The van der Waals surface area contributed by atoms with Crippen molar-refractivity contribution in [3.63, 3.8) is 0 Å². The molecule has 6 atom stereocenters. The number of phenols is 1. The fraction of sp³-hybridized carbons (Fsp3) is 0.257. The van der Waals surface area contributed by atoms with Crippen LogP contribution in [-0.4, -0.2) is 38.5 Å². The SMILES string of the molecule is C=CCc1cccc([C@H]2C3=CC[C@@H]4C(=O)N(c5ccc(I)cc5)C(=O)[C@@H]4[C@@H]3C[C@@]3(Cl)C(=O)N(c4ccc(F)cc4)C(=O)[C@@]23Cl)c1O. The number of anilines is 2. The highest BCUT2D eigenvalue weighted by atomic mass is 127. The summed E-state index contributed by atoms with van der Waals surface area (Å²) in [6, 6.07) is 16.9. The number of nitrogens with zero attached hydrogens (tertiary/aromatic N) is 2. The van der Waals surface area contributed by atoms with Gasteiger partial charge in [-0.05, 0) is 102 Å². The molecule has 0 bridgehead atoms. The highest BCUT2D eigenvalue weighted by Gasteiger charge is 2.77. The minimum atomic E-state index is -2.14. The molecule has 7 rings (SSSR count).